The number of esters is 1. The van der Waals surface area contributed by atoms with Crippen LogP contribution in [0.3, 0.4) is 0 Å². The van der Waals surface area contributed by atoms with Gasteiger partial charge in [0.05, 0.1) is 23.8 Å². The zero-order valence-corrected chi connectivity index (χ0v) is 12.7. The van der Waals surface area contributed by atoms with Crippen molar-refractivity contribution in [3.05, 3.63) is 42.0 Å². The van der Waals surface area contributed by atoms with E-state index in [0.717, 1.165) is 12.8 Å². The second-order valence-corrected chi connectivity index (χ2v) is 5.04. The fraction of sp³-hybridized carbons (Fsp3) is 0.444. The molecule has 0 bridgehead atoms. The topological polar surface area (TPSA) is 50.1 Å². The summed E-state index contributed by atoms with van der Waals surface area (Å²) in [6.07, 6.45) is 6.88. The number of benzene rings is 1. The number of rotatable bonds is 9. The van der Waals surface area contributed by atoms with Gasteiger partial charge in [0, 0.05) is 5.56 Å². The van der Waals surface area contributed by atoms with E-state index in [9.17, 15) is 4.79 Å². The number of ether oxygens (including phenoxy) is 1. The Morgan fingerprint density at radius 2 is 1.86 bits per heavy atom. The lowest BCUT2D eigenvalue weighted by molar-refractivity contribution is -0.136. The van der Waals surface area contributed by atoms with E-state index in [0.29, 0.717) is 17.7 Å². The van der Waals surface area contributed by atoms with E-state index in [1.54, 1.807) is 24.3 Å². The van der Waals surface area contributed by atoms with Crippen molar-refractivity contribution in [1.29, 1.82) is 5.26 Å². The number of nitrogens with zero attached hydrogens (tertiary/aromatic N) is 1. The van der Waals surface area contributed by atoms with Gasteiger partial charge in [-0.15, -0.1) is 0 Å². The highest BCUT2D eigenvalue weighted by molar-refractivity contribution is 6.16. The van der Waals surface area contributed by atoms with Crippen LogP contribution in [0.1, 0.15) is 56.6 Å². The monoisotopic (exact) mass is 285 g/mol. The summed E-state index contributed by atoms with van der Waals surface area (Å²) < 4.78 is 5.22. The van der Waals surface area contributed by atoms with Crippen molar-refractivity contribution in [1.82, 2.24) is 0 Å². The highest BCUT2D eigenvalue weighted by Crippen LogP contribution is 2.18. The average molecular weight is 285 g/mol. The van der Waals surface area contributed by atoms with Gasteiger partial charge in [0.2, 0.25) is 0 Å². The van der Waals surface area contributed by atoms with Gasteiger partial charge >= 0.3 is 5.97 Å². The number of carbonyl (C=O) groups is 1. The van der Waals surface area contributed by atoms with Crippen LogP contribution in [0.25, 0.3) is 5.57 Å². The molecule has 0 saturated heterocycles. The molecule has 0 aliphatic carbocycles. The van der Waals surface area contributed by atoms with Crippen LogP contribution in [0.4, 0.5) is 0 Å². The van der Waals surface area contributed by atoms with Crippen LogP contribution in [-0.4, -0.2) is 12.6 Å². The molecule has 0 amide bonds. The quantitative estimate of drug-likeness (QED) is 0.382. The number of hydrogen-bond acceptors (Lipinski definition) is 3. The first-order valence-corrected chi connectivity index (χ1v) is 7.56. The fourth-order valence-corrected chi connectivity index (χ4v) is 2.09. The third-order valence-electron chi connectivity index (χ3n) is 3.35. The number of hydrogen-bond donors (Lipinski definition) is 0. The van der Waals surface area contributed by atoms with Crippen molar-refractivity contribution < 1.29 is 9.53 Å². The first-order valence-electron chi connectivity index (χ1n) is 7.56. The average Bonchev–Trinajstić information content (AvgIpc) is 2.53. The summed E-state index contributed by atoms with van der Waals surface area (Å²) in [5.41, 5.74) is 1.24. The molecule has 0 spiro atoms. The van der Waals surface area contributed by atoms with Crippen molar-refractivity contribution >= 4 is 11.5 Å². The molecule has 1 aromatic rings. The number of unbranched alkanes of at least 4 members (excludes halogenated alkanes) is 5. The lowest BCUT2D eigenvalue weighted by Gasteiger charge is -2.08. The Labute approximate surface area is 127 Å². The maximum absolute atomic E-state index is 11.9. The molecule has 0 fully saturated rings. The highest BCUT2D eigenvalue weighted by Gasteiger charge is 2.14. The predicted octanol–water partition coefficient (Wildman–Crippen LogP) is 4.48. The summed E-state index contributed by atoms with van der Waals surface area (Å²) in [4.78, 5) is 11.9. The van der Waals surface area contributed by atoms with Crippen molar-refractivity contribution in [3.8, 4) is 6.07 Å². The molecule has 0 heterocycles. The van der Waals surface area contributed by atoms with Crippen molar-refractivity contribution in [2.45, 2.75) is 45.4 Å². The molecule has 21 heavy (non-hydrogen) atoms. The van der Waals surface area contributed by atoms with Gasteiger partial charge in [-0.25, -0.2) is 4.79 Å². The minimum atomic E-state index is -0.439. The van der Waals surface area contributed by atoms with Gasteiger partial charge in [0.1, 0.15) is 0 Å². The van der Waals surface area contributed by atoms with Crippen LogP contribution in [0, 0.1) is 11.3 Å². The molecule has 0 N–H and O–H groups in total. The lowest BCUT2D eigenvalue weighted by Crippen LogP contribution is -2.08. The molecule has 3 nitrogen and oxygen atoms in total. The summed E-state index contributed by atoms with van der Waals surface area (Å²) in [5.74, 6) is -0.439. The lowest BCUT2D eigenvalue weighted by atomic mass is 10.0. The molecule has 1 rings (SSSR count). The van der Waals surface area contributed by atoms with E-state index in [2.05, 4.69) is 19.6 Å². The van der Waals surface area contributed by atoms with E-state index in [1.165, 1.54) is 25.7 Å². The normalized spacial score (nSPS) is 9.90. The standard InChI is InChI=1S/C18H23NO2/c1-3-4-5-6-7-10-13-21-18(20)15(2)17-12-9-8-11-16(17)14-19/h8-9,11-12H,2-7,10,13H2,1H3. The molecule has 0 unspecified atom stereocenters. The molecule has 112 valence electrons. The maximum atomic E-state index is 11.9. The van der Waals surface area contributed by atoms with Gasteiger partial charge in [0.25, 0.3) is 0 Å². The largest absolute Gasteiger partial charge is 0.462 e. The summed E-state index contributed by atoms with van der Waals surface area (Å²) in [6, 6.07) is 8.98. The van der Waals surface area contributed by atoms with E-state index >= 15 is 0 Å². The molecule has 0 aliphatic rings. The summed E-state index contributed by atoms with van der Waals surface area (Å²) >= 11 is 0. The second-order valence-electron chi connectivity index (χ2n) is 5.04. The van der Waals surface area contributed by atoms with Crippen LogP contribution in [0.2, 0.25) is 0 Å². The predicted molar refractivity (Wildman–Crippen MR) is 84.5 cm³/mol. The summed E-state index contributed by atoms with van der Waals surface area (Å²) in [7, 11) is 0. The molecule has 0 saturated carbocycles. The molecule has 1 aromatic carbocycles. The van der Waals surface area contributed by atoms with Crippen LogP contribution in [0.5, 0.6) is 0 Å². The SMILES string of the molecule is C=C(C(=O)OCCCCCCCC)c1ccccc1C#N. The second kappa shape index (κ2) is 9.77. The van der Waals surface area contributed by atoms with Crippen molar-refractivity contribution in [2.75, 3.05) is 6.61 Å². The Bertz CT molecular complexity index is 514. The van der Waals surface area contributed by atoms with Crippen LogP contribution < -0.4 is 0 Å². The fourth-order valence-electron chi connectivity index (χ4n) is 2.09. The van der Waals surface area contributed by atoms with Gasteiger partial charge in [-0.05, 0) is 12.5 Å². The molecular weight excluding hydrogens is 262 g/mol. The van der Waals surface area contributed by atoms with Gasteiger partial charge in [-0.2, -0.15) is 5.26 Å². The van der Waals surface area contributed by atoms with E-state index in [1.807, 2.05) is 0 Å². The third-order valence-corrected chi connectivity index (χ3v) is 3.35. The minimum absolute atomic E-state index is 0.248. The first-order chi connectivity index (χ1) is 10.2. The third kappa shape index (κ3) is 5.83. The molecule has 0 radical (unpaired) electrons. The Kier molecular flexibility index (Phi) is 7.89. The molecule has 3 heteroatoms. The zero-order chi connectivity index (χ0) is 15.5. The Morgan fingerprint density at radius 3 is 2.57 bits per heavy atom. The molecule has 0 aromatic heterocycles. The van der Waals surface area contributed by atoms with Crippen LogP contribution >= 0.6 is 0 Å². The summed E-state index contributed by atoms with van der Waals surface area (Å²) in [5, 5.41) is 9.02. The van der Waals surface area contributed by atoms with E-state index < -0.39 is 5.97 Å². The zero-order valence-electron chi connectivity index (χ0n) is 12.7. The van der Waals surface area contributed by atoms with Crippen molar-refractivity contribution in [2.24, 2.45) is 0 Å². The van der Waals surface area contributed by atoms with E-state index in [-0.39, 0.29) is 5.57 Å². The molecular formula is C18H23NO2. The van der Waals surface area contributed by atoms with Gasteiger partial charge in [-0.1, -0.05) is 63.8 Å². The van der Waals surface area contributed by atoms with Crippen LogP contribution in [0.15, 0.2) is 30.8 Å². The molecule has 0 atom stereocenters. The van der Waals surface area contributed by atoms with Gasteiger partial charge in [0.15, 0.2) is 0 Å². The highest BCUT2D eigenvalue weighted by atomic mass is 16.5. The Balaban J connectivity index is 2.35. The minimum Gasteiger partial charge on any atom is -0.462 e. The Hall–Kier alpha value is -2.08. The van der Waals surface area contributed by atoms with Gasteiger partial charge in [-0.3, -0.25) is 0 Å². The maximum Gasteiger partial charge on any atom is 0.338 e. The number of carbonyl (C=O) groups excluding carboxylic acids is 1. The first kappa shape index (κ1) is 17.0. The van der Waals surface area contributed by atoms with Crippen molar-refractivity contribution in [3.63, 3.8) is 0 Å². The van der Waals surface area contributed by atoms with Crippen LogP contribution in [-0.2, 0) is 9.53 Å². The van der Waals surface area contributed by atoms with E-state index in [4.69, 9.17) is 10.00 Å². The summed E-state index contributed by atoms with van der Waals surface area (Å²) in [6.45, 7) is 6.35. The molecule has 0 aliphatic heterocycles. The Morgan fingerprint density at radius 1 is 1.19 bits per heavy atom. The van der Waals surface area contributed by atoms with Gasteiger partial charge < -0.3 is 4.74 Å². The smallest absolute Gasteiger partial charge is 0.338 e. The number of nitriles is 1.